The lowest BCUT2D eigenvalue weighted by Crippen LogP contribution is -2.34. The largest absolute Gasteiger partial charge is 0.491 e. The molecule has 9 heteroatoms. The third kappa shape index (κ3) is 6.81. The zero-order valence-electron chi connectivity index (χ0n) is 22.4. The lowest BCUT2D eigenvalue weighted by molar-refractivity contribution is -0.189. The van der Waals surface area contributed by atoms with Crippen LogP contribution in [0.4, 0.5) is 0 Å². The molecule has 1 saturated heterocycles. The zero-order valence-corrected chi connectivity index (χ0v) is 24.7. The summed E-state index contributed by atoms with van der Waals surface area (Å²) in [6, 6.07) is 19.6. The molecule has 2 aliphatic heterocycles. The fourth-order valence-corrected chi connectivity index (χ4v) is 5.99. The lowest BCUT2D eigenvalue weighted by Gasteiger charge is -2.30. The molecule has 41 heavy (non-hydrogen) atoms. The summed E-state index contributed by atoms with van der Waals surface area (Å²) >= 11 is 18.7. The third-order valence-electron chi connectivity index (χ3n) is 7.40. The van der Waals surface area contributed by atoms with Gasteiger partial charge in [0, 0.05) is 47.6 Å². The van der Waals surface area contributed by atoms with Crippen LogP contribution in [0.25, 0.3) is 6.08 Å². The third-order valence-corrected chi connectivity index (χ3v) is 8.20. The van der Waals surface area contributed by atoms with Crippen LogP contribution in [0, 0.1) is 0 Å². The smallest absolute Gasteiger partial charge is 0.215 e. The Morgan fingerprint density at radius 1 is 1.00 bits per heavy atom. The van der Waals surface area contributed by atoms with Crippen molar-refractivity contribution in [3.8, 4) is 5.75 Å². The van der Waals surface area contributed by atoms with Gasteiger partial charge in [-0.25, -0.2) is 4.98 Å². The van der Waals surface area contributed by atoms with E-state index in [9.17, 15) is 0 Å². The Hall–Kier alpha value is -2.84. The highest BCUT2D eigenvalue weighted by atomic mass is 35.5. The molecule has 0 unspecified atom stereocenters. The van der Waals surface area contributed by atoms with Gasteiger partial charge >= 0.3 is 0 Å². The van der Waals surface area contributed by atoms with E-state index in [0.717, 1.165) is 48.0 Å². The normalized spacial score (nSPS) is 20.9. The Morgan fingerprint density at radius 3 is 2.66 bits per heavy atom. The quantitative estimate of drug-likeness (QED) is 0.200. The summed E-state index contributed by atoms with van der Waals surface area (Å²) in [4.78, 5) is 6.60. The topological polar surface area (TPSA) is 48.8 Å². The number of hydrogen-bond donors (Lipinski definition) is 0. The number of hydrogen-bond acceptors (Lipinski definition) is 5. The molecule has 3 aromatic carbocycles. The standard InChI is InChI=1S/C32H30Cl3N3O3/c33-26-6-3-23(4-7-26)2-1-13-37-14-11-24-16-28(9-5-25(24)18-37)39-19-29-20-40-32(41-29,21-38-15-12-36-22-38)30-10-8-27(34)17-31(30)35/h1-10,12,15-17,22,29H,11,13-14,18-21H2/b2-1+/t29-,32-/m1/s1. The highest BCUT2D eigenvalue weighted by Gasteiger charge is 2.45. The molecule has 1 fully saturated rings. The molecule has 6 rings (SSSR count). The van der Waals surface area contributed by atoms with Crippen molar-refractivity contribution in [2.24, 2.45) is 0 Å². The summed E-state index contributed by atoms with van der Waals surface area (Å²) in [5.74, 6) is -0.238. The van der Waals surface area contributed by atoms with Gasteiger partial charge in [0.15, 0.2) is 0 Å². The van der Waals surface area contributed by atoms with Crippen molar-refractivity contribution < 1.29 is 14.2 Å². The molecule has 0 amide bonds. The van der Waals surface area contributed by atoms with Crippen LogP contribution in [-0.2, 0) is 34.8 Å². The molecule has 0 aliphatic carbocycles. The predicted octanol–water partition coefficient (Wildman–Crippen LogP) is 7.26. The van der Waals surface area contributed by atoms with Gasteiger partial charge in [-0.2, -0.15) is 0 Å². The lowest BCUT2D eigenvalue weighted by atomic mass is 9.99. The minimum atomic E-state index is -1.07. The summed E-state index contributed by atoms with van der Waals surface area (Å²) in [6.45, 7) is 3.94. The average Bonchev–Trinajstić information content (AvgIpc) is 3.63. The minimum Gasteiger partial charge on any atom is -0.491 e. The Kier molecular flexibility index (Phi) is 8.68. The molecule has 212 valence electrons. The summed E-state index contributed by atoms with van der Waals surface area (Å²) in [7, 11) is 0. The van der Waals surface area contributed by atoms with E-state index in [1.807, 2.05) is 47.2 Å². The van der Waals surface area contributed by atoms with Gasteiger partial charge < -0.3 is 18.8 Å². The van der Waals surface area contributed by atoms with Gasteiger partial charge in [-0.05, 0) is 59.5 Å². The maximum absolute atomic E-state index is 6.59. The van der Waals surface area contributed by atoms with Crippen LogP contribution >= 0.6 is 34.8 Å². The van der Waals surface area contributed by atoms with Crippen LogP contribution in [0.3, 0.4) is 0 Å². The molecule has 3 heterocycles. The van der Waals surface area contributed by atoms with Crippen LogP contribution in [0.2, 0.25) is 15.1 Å². The molecule has 1 aromatic heterocycles. The number of ether oxygens (including phenoxy) is 3. The molecule has 4 aromatic rings. The van der Waals surface area contributed by atoms with Crippen molar-refractivity contribution in [3.63, 3.8) is 0 Å². The maximum atomic E-state index is 6.59. The van der Waals surface area contributed by atoms with Gasteiger partial charge in [0.25, 0.3) is 0 Å². The molecular formula is C32H30Cl3N3O3. The highest BCUT2D eigenvalue weighted by Crippen LogP contribution is 2.40. The van der Waals surface area contributed by atoms with E-state index in [4.69, 9.17) is 49.0 Å². The van der Waals surface area contributed by atoms with Crippen LogP contribution in [0.1, 0.15) is 22.3 Å². The van der Waals surface area contributed by atoms with Crippen molar-refractivity contribution in [1.82, 2.24) is 14.5 Å². The van der Waals surface area contributed by atoms with Crippen LogP contribution in [0.15, 0.2) is 85.5 Å². The van der Waals surface area contributed by atoms with Gasteiger partial charge in [0.2, 0.25) is 5.79 Å². The van der Waals surface area contributed by atoms with Gasteiger partial charge in [-0.1, -0.05) is 71.2 Å². The fourth-order valence-electron chi connectivity index (χ4n) is 5.31. The van der Waals surface area contributed by atoms with Crippen molar-refractivity contribution in [3.05, 3.63) is 123 Å². The summed E-state index contributed by atoms with van der Waals surface area (Å²) < 4.78 is 20.9. The first-order valence-electron chi connectivity index (χ1n) is 13.6. The van der Waals surface area contributed by atoms with Crippen LogP contribution in [0.5, 0.6) is 5.75 Å². The first kappa shape index (κ1) is 28.3. The van der Waals surface area contributed by atoms with E-state index >= 15 is 0 Å². The summed E-state index contributed by atoms with van der Waals surface area (Å²) in [5.41, 5.74) is 4.54. The maximum Gasteiger partial charge on any atom is 0.215 e. The van der Waals surface area contributed by atoms with Crippen molar-refractivity contribution in [2.75, 3.05) is 26.3 Å². The van der Waals surface area contributed by atoms with Gasteiger partial charge in [0.05, 0.1) is 24.5 Å². The van der Waals surface area contributed by atoms with E-state index in [1.165, 1.54) is 11.1 Å². The molecule has 0 bridgehead atoms. The fraction of sp³-hybridized carbons (Fsp3) is 0.281. The second-order valence-electron chi connectivity index (χ2n) is 10.3. The van der Waals surface area contributed by atoms with E-state index in [0.29, 0.717) is 29.8 Å². The Balaban J connectivity index is 1.06. The first-order chi connectivity index (χ1) is 20.0. The number of imidazole rings is 1. The molecule has 2 atom stereocenters. The number of halogens is 3. The molecule has 0 N–H and O–H groups in total. The van der Waals surface area contributed by atoms with E-state index < -0.39 is 5.79 Å². The highest BCUT2D eigenvalue weighted by molar-refractivity contribution is 6.35. The van der Waals surface area contributed by atoms with E-state index in [2.05, 4.69) is 34.2 Å². The Bertz CT molecular complexity index is 1510. The molecule has 0 radical (unpaired) electrons. The minimum absolute atomic E-state index is 0.274. The number of fused-ring (bicyclic) bond motifs is 1. The van der Waals surface area contributed by atoms with Gasteiger partial charge in [-0.15, -0.1) is 0 Å². The number of benzene rings is 3. The summed E-state index contributed by atoms with van der Waals surface area (Å²) in [6.07, 6.45) is 10.4. The van der Waals surface area contributed by atoms with Gasteiger partial charge in [0.1, 0.15) is 18.5 Å². The van der Waals surface area contributed by atoms with Crippen molar-refractivity contribution in [2.45, 2.75) is 31.4 Å². The number of aromatic nitrogens is 2. The average molecular weight is 611 g/mol. The Labute approximate surface area is 255 Å². The van der Waals surface area contributed by atoms with E-state index in [1.54, 1.807) is 24.7 Å². The van der Waals surface area contributed by atoms with Crippen molar-refractivity contribution >= 4 is 40.9 Å². The zero-order chi connectivity index (χ0) is 28.2. The van der Waals surface area contributed by atoms with E-state index in [-0.39, 0.29) is 6.10 Å². The predicted molar refractivity (Wildman–Crippen MR) is 163 cm³/mol. The van der Waals surface area contributed by atoms with Crippen LogP contribution < -0.4 is 4.74 Å². The molecular weight excluding hydrogens is 581 g/mol. The van der Waals surface area contributed by atoms with Crippen LogP contribution in [-0.4, -0.2) is 46.9 Å². The molecule has 0 saturated carbocycles. The summed E-state index contributed by atoms with van der Waals surface area (Å²) in [5, 5.41) is 1.80. The van der Waals surface area contributed by atoms with Gasteiger partial charge in [-0.3, -0.25) is 4.90 Å². The first-order valence-corrected chi connectivity index (χ1v) is 14.7. The SMILES string of the molecule is Clc1ccc(/C=C/CN2CCc3cc(OC[C@@H]4CO[C@@](Cn5ccnc5)(c5ccc(Cl)cc5Cl)O4)ccc3C2)cc1. The second kappa shape index (κ2) is 12.6. The van der Waals surface area contributed by atoms with Crippen molar-refractivity contribution in [1.29, 1.82) is 0 Å². The number of nitrogens with zero attached hydrogens (tertiary/aromatic N) is 3. The monoisotopic (exact) mass is 609 g/mol. The molecule has 2 aliphatic rings. The Morgan fingerprint density at radius 2 is 1.85 bits per heavy atom. The molecule has 0 spiro atoms. The second-order valence-corrected chi connectivity index (χ2v) is 11.6. The number of rotatable bonds is 9. The molecule has 6 nitrogen and oxygen atoms in total.